The summed E-state index contributed by atoms with van der Waals surface area (Å²) in [5, 5.41) is 12.0. The zero-order valence-corrected chi connectivity index (χ0v) is 18.5. The molecule has 0 radical (unpaired) electrons. The summed E-state index contributed by atoms with van der Waals surface area (Å²) in [6.07, 6.45) is 3.00. The Balaban J connectivity index is 1.52. The molecule has 2 aromatic carbocycles. The van der Waals surface area contributed by atoms with Crippen LogP contribution in [0.15, 0.2) is 42.5 Å². The second-order valence-electron chi connectivity index (χ2n) is 8.27. The molecule has 170 valence electrons. The van der Waals surface area contributed by atoms with Crippen molar-refractivity contribution in [2.75, 3.05) is 23.9 Å². The lowest BCUT2D eigenvalue weighted by molar-refractivity contribution is -0.133. The molecule has 1 atom stereocenters. The van der Waals surface area contributed by atoms with Crippen LogP contribution >= 0.6 is 0 Å². The number of carbonyl (C=O) groups excluding carboxylic acids is 3. The average molecular weight is 447 g/mol. The number of carbonyl (C=O) groups is 3. The second kappa shape index (κ2) is 9.74. The van der Waals surface area contributed by atoms with E-state index in [1.807, 2.05) is 6.07 Å². The van der Waals surface area contributed by atoms with Crippen LogP contribution in [0, 0.1) is 11.3 Å². The molecule has 2 saturated heterocycles. The van der Waals surface area contributed by atoms with E-state index in [0.29, 0.717) is 48.5 Å². The second-order valence-corrected chi connectivity index (χ2v) is 8.27. The summed E-state index contributed by atoms with van der Waals surface area (Å²) in [4.78, 5) is 41.3. The predicted molar refractivity (Wildman–Crippen MR) is 123 cm³/mol. The van der Waals surface area contributed by atoms with E-state index in [-0.39, 0.29) is 24.3 Å². The van der Waals surface area contributed by atoms with E-state index in [1.165, 1.54) is 0 Å². The first-order chi connectivity index (χ1) is 16.0. The number of anilines is 2. The van der Waals surface area contributed by atoms with Crippen LogP contribution in [0.1, 0.15) is 43.2 Å². The summed E-state index contributed by atoms with van der Waals surface area (Å²) in [5.41, 5.74) is 2.49. The molecule has 2 aliphatic rings. The molecular weight excluding hydrogens is 420 g/mol. The molecule has 0 bridgehead atoms. The van der Waals surface area contributed by atoms with Crippen molar-refractivity contribution in [3.8, 4) is 11.8 Å². The Bertz CT molecular complexity index is 1120. The highest BCUT2D eigenvalue weighted by molar-refractivity contribution is 6.01. The Morgan fingerprint density at radius 1 is 1.15 bits per heavy atom. The van der Waals surface area contributed by atoms with Gasteiger partial charge in [0.15, 0.2) is 0 Å². The number of hydrogen-bond acceptors (Lipinski definition) is 5. The highest BCUT2D eigenvalue weighted by atomic mass is 16.5. The molecule has 0 aliphatic carbocycles. The average Bonchev–Trinajstić information content (AvgIpc) is 3.19. The molecule has 4 rings (SSSR count). The van der Waals surface area contributed by atoms with Gasteiger partial charge in [-0.3, -0.25) is 14.4 Å². The molecule has 3 amide bonds. The number of amides is 3. The fourth-order valence-electron chi connectivity index (χ4n) is 4.41. The lowest BCUT2D eigenvalue weighted by atomic mass is 10.1. The minimum Gasteiger partial charge on any atom is -0.495 e. The van der Waals surface area contributed by atoms with Crippen LogP contribution in [0.3, 0.4) is 0 Å². The summed E-state index contributed by atoms with van der Waals surface area (Å²) >= 11 is 0. The fraction of sp³-hybridized carbons (Fsp3) is 0.360. The summed E-state index contributed by atoms with van der Waals surface area (Å²) < 4.78 is 5.44. The van der Waals surface area contributed by atoms with Crippen molar-refractivity contribution in [1.82, 2.24) is 4.90 Å². The van der Waals surface area contributed by atoms with E-state index in [0.717, 1.165) is 18.4 Å². The van der Waals surface area contributed by atoms with Gasteiger partial charge in [-0.1, -0.05) is 12.1 Å². The van der Waals surface area contributed by atoms with Crippen molar-refractivity contribution < 1.29 is 19.1 Å². The van der Waals surface area contributed by atoms with Gasteiger partial charge < -0.3 is 19.9 Å². The van der Waals surface area contributed by atoms with Gasteiger partial charge in [-0.2, -0.15) is 5.26 Å². The molecule has 33 heavy (non-hydrogen) atoms. The maximum Gasteiger partial charge on any atom is 0.247 e. The zero-order chi connectivity index (χ0) is 23.4. The minimum atomic E-state index is -0.606. The fourth-order valence-corrected chi connectivity index (χ4v) is 4.41. The minimum absolute atomic E-state index is 0.0372. The van der Waals surface area contributed by atoms with Gasteiger partial charge in [0.25, 0.3) is 0 Å². The number of likely N-dealkylation sites (tertiary alicyclic amines) is 1. The van der Waals surface area contributed by atoms with E-state index in [2.05, 4.69) is 11.4 Å². The number of nitriles is 1. The Morgan fingerprint density at radius 3 is 2.76 bits per heavy atom. The van der Waals surface area contributed by atoms with Crippen LogP contribution in [0.2, 0.25) is 0 Å². The van der Waals surface area contributed by atoms with Crippen molar-refractivity contribution in [3.63, 3.8) is 0 Å². The normalized spacial score (nSPS) is 18.2. The quantitative estimate of drug-likeness (QED) is 0.734. The Morgan fingerprint density at radius 2 is 2.00 bits per heavy atom. The van der Waals surface area contributed by atoms with Crippen LogP contribution in [0.25, 0.3) is 0 Å². The number of nitrogens with one attached hydrogen (secondary N) is 1. The molecule has 2 fully saturated rings. The standard InChI is InChI=1S/C25H26N4O4/c1-33-22-10-8-19(14-21(22)28-12-3-2-7-23(28)30)27-25(32)20-9-11-24(31)29(20)16-18-6-4-5-17(13-18)15-26/h4-6,8,10,13-14,20H,2-3,7,9,11-12,16H2,1H3,(H,27,32). The number of nitrogens with zero attached hydrogens (tertiary/aromatic N) is 3. The van der Waals surface area contributed by atoms with Crippen molar-refractivity contribution in [3.05, 3.63) is 53.6 Å². The number of piperidine rings is 1. The lowest BCUT2D eigenvalue weighted by Crippen LogP contribution is -2.41. The molecule has 0 spiro atoms. The van der Waals surface area contributed by atoms with Gasteiger partial charge in [-0.25, -0.2) is 0 Å². The summed E-state index contributed by atoms with van der Waals surface area (Å²) in [7, 11) is 1.55. The molecule has 2 aliphatic heterocycles. The topological polar surface area (TPSA) is 103 Å². The van der Waals surface area contributed by atoms with E-state index < -0.39 is 6.04 Å². The molecule has 0 saturated carbocycles. The number of rotatable bonds is 6. The van der Waals surface area contributed by atoms with Crippen molar-refractivity contribution in [2.24, 2.45) is 0 Å². The van der Waals surface area contributed by atoms with Crippen LogP contribution in [-0.2, 0) is 20.9 Å². The summed E-state index contributed by atoms with van der Waals surface area (Å²) in [6.45, 7) is 0.877. The van der Waals surface area contributed by atoms with Gasteiger partial charge in [0.1, 0.15) is 11.8 Å². The highest BCUT2D eigenvalue weighted by Crippen LogP contribution is 2.34. The SMILES string of the molecule is COc1ccc(NC(=O)C2CCC(=O)N2Cc2cccc(C#N)c2)cc1N1CCCCC1=O. The van der Waals surface area contributed by atoms with Gasteiger partial charge in [-0.15, -0.1) is 0 Å². The van der Waals surface area contributed by atoms with Gasteiger partial charge in [0.2, 0.25) is 17.7 Å². The number of hydrogen-bond donors (Lipinski definition) is 1. The van der Waals surface area contributed by atoms with Crippen LogP contribution in [0.5, 0.6) is 5.75 Å². The van der Waals surface area contributed by atoms with Crippen molar-refractivity contribution >= 4 is 29.1 Å². The first-order valence-electron chi connectivity index (χ1n) is 11.1. The molecule has 8 heteroatoms. The first kappa shape index (κ1) is 22.3. The highest BCUT2D eigenvalue weighted by Gasteiger charge is 2.36. The number of ether oxygens (including phenoxy) is 1. The summed E-state index contributed by atoms with van der Waals surface area (Å²) in [5.74, 6) is 0.235. The van der Waals surface area contributed by atoms with Crippen molar-refractivity contribution in [2.45, 2.75) is 44.7 Å². The number of methoxy groups -OCH3 is 1. The molecular formula is C25H26N4O4. The lowest BCUT2D eigenvalue weighted by Gasteiger charge is -2.29. The Kier molecular flexibility index (Phi) is 6.59. The smallest absolute Gasteiger partial charge is 0.247 e. The third-order valence-corrected chi connectivity index (χ3v) is 6.10. The molecule has 2 aromatic rings. The van der Waals surface area contributed by atoms with E-state index >= 15 is 0 Å². The molecule has 1 unspecified atom stereocenters. The van der Waals surface area contributed by atoms with Crippen LogP contribution < -0.4 is 15.0 Å². The Hall–Kier alpha value is -3.86. The third kappa shape index (κ3) is 4.82. The zero-order valence-electron chi connectivity index (χ0n) is 18.5. The third-order valence-electron chi connectivity index (χ3n) is 6.10. The molecule has 2 heterocycles. The molecule has 0 aromatic heterocycles. The van der Waals surface area contributed by atoms with Crippen molar-refractivity contribution in [1.29, 1.82) is 5.26 Å². The molecule has 1 N–H and O–H groups in total. The monoisotopic (exact) mass is 446 g/mol. The van der Waals surface area contributed by atoms with E-state index in [9.17, 15) is 14.4 Å². The first-order valence-corrected chi connectivity index (χ1v) is 11.1. The largest absolute Gasteiger partial charge is 0.495 e. The van der Waals surface area contributed by atoms with Gasteiger partial charge in [-0.05, 0) is 55.2 Å². The maximum absolute atomic E-state index is 13.1. The van der Waals surface area contributed by atoms with E-state index in [1.54, 1.807) is 53.3 Å². The summed E-state index contributed by atoms with van der Waals surface area (Å²) in [6, 6.07) is 13.7. The maximum atomic E-state index is 13.1. The van der Waals surface area contributed by atoms with Gasteiger partial charge in [0.05, 0.1) is 24.4 Å². The Labute approximate surface area is 192 Å². The number of benzene rings is 2. The van der Waals surface area contributed by atoms with Crippen LogP contribution in [-0.4, -0.2) is 42.3 Å². The van der Waals surface area contributed by atoms with Crippen LogP contribution in [0.4, 0.5) is 11.4 Å². The molecule has 8 nitrogen and oxygen atoms in total. The van der Waals surface area contributed by atoms with Gasteiger partial charge >= 0.3 is 0 Å². The van der Waals surface area contributed by atoms with E-state index in [4.69, 9.17) is 10.00 Å². The predicted octanol–water partition coefficient (Wildman–Crippen LogP) is 3.21. The van der Waals surface area contributed by atoms with Gasteiger partial charge in [0, 0.05) is 31.6 Å².